The van der Waals surface area contributed by atoms with Gasteiger partial charge >= 0.3 is 0 Å². The van der Waals surface area contributed by atoms with Gasteiger partial charge in [-0.15, -0.1) is 0 Å². The summed E-state index contributed by atoms with van der Waals surface area (Å²) in [5.74, 6) is 0.350. The molecule has 2 amide bonds. The van der Waals surface area contributed by atoms with Crippen LogP contribution in [-0.4, -0.2) is 28.9 Å². The Labute approximate surface area is 240 Å². The quantitative estimate of drug-likeness (QED) is 0.304. The van der Waals surface area contributed by atoms with E-state index in [4.69, 9.17) is 0 Å². The van der Waals surface area contributed by atoms with Gasteiger partial charge in [0.2, 0.25) is 5.91 Å². The van der Waals surface area contributed by atoms with Gasteiger partial charge < -0.3 is 15.3 Å². The van der Waals surface area contributed by atoms with Crippen molar-refractivity contribution in [2.24, 2.45) is 0 Å². The van der Waals surface area contributed by atoms with Crippen LogP contribution in [0.5, 0.6) is 5.75 Å². The standard InChI is InChI=1S/C35H46N2O3/c1-23(2)25-16-18-27(19-17-25)36-33(40)31(26-13-11-10-12-14-26)37(9)30(38)20-15-24-21-28(34(3,4)5)32(39)29(22-24)35(6,7)8/h10-14,16-19,21-23,31,39H,15,20H2,1-9H3,(H,36,40)/t31-/m1/s1. The molecule has 1 atom stereocenters. The lowest BCUT2D eigenvalue weighted by Crippen LogP contribution is -2.38. The molecule has 5 heteroatoms. The number of anilines is 1. The first-order valence-corrected chi connectivity index (χ1v) is 14.2. The van der Waals surface area contributed by atoms with Gasteiger partial charge in [-0.3, -0.25) is 9.59 Å². The molecule has 3 aromatic carbocycles. The summed E-state index contributed by atoms with van der Waals surface area (Å²) in [5, 5.41) is 14.1. The highest BCUT2D eigenvalue weighted by Gasteiger charge is 2.30. The molecule has 3 aromatic rings. The van der Waals surface area contributed by atoms with Crippen LogP contribution in [0.15, 0.2) is 66.7 Å². The number of nitrogens with one attached hydrogen (secondary N) is 1. The summed E-state index contributed by atoms with van der Waals surface area (Å²) in [6, 6.07) is 20.5. The molecule has 0 unspecified atom stereocenters. The number of amides is 2. The number of phenols is 1. The second-order valence-electron chi connectivity index (χ2n) is 13.1. The minimum Gasteiger partial charge on any atom is -0.507 e. The average Bonchev–Trinajstić information content (AvgIpc) is 2.87. The monoisotopic (exact) mass is 542 g/mol. The zero-order chi connectivity index (χ0) is 29.8. The van der Waals surface area contributed by atoms with Crippen LogP contribution in [0.2, 0.25) is 0 Å². The Bertz CT molecular complexity index is 1280. The van der Waals surface area contributed by atoms with Crippen molar-refractivity contribution in [2.45, 2.75) is 91.0 Å². The summed E-state index contributed by atoms with van der Waals surface area (Å²) < 4.78 is 0. The number of hydrogen-bond acceptors (Lipinski definition) is 3. The number of hydrogen-bond donors (Lipinski definition) is 2. The van der Waals surface area contributed by atoms with Gasteiger partial charge in [0.15, 0.2) is 0 Å². The largest absolute Gasteiger partial charge is 0.507 e. The zero-order valence-electron chi connectivity index (χ0n) is 25.6. The number of carbonyl (C=O) groups excluding carboxylic acids is 2. The van der Waals surface area contributed by atoms with Gasteiger partial charge in [0.25, 0.3) is 5.91 Å². The summed E-state index contributed by atoms with van der Waals surface area (Å²) in [7, 11) is 1.69. The van der Waals surface area contributed by atoms with E-state index in [1.165, 1.54) is 5.56 Å². The molecule has 0 saturated carbocycles. The minimum absolute atomic E-state index is 0.123. The third-order valence-corrected chi connectivity index (χ3v) is 7.40. The van der Waals surface area contributed by atoms with Gasteiger partial charge in [-0.05, 0) is 63.1 Å². The van der Waals surface area contributed by atoms with Crippen molar-refractivity contribution < 1.29 is 14.7 Å². The van der Waals surface area contributed by atoms with Gasteiger partial charge in [0.1, 0.15) is 11.8 Å². The fourth-order valence-electron chi connectivity index (χ4n) is 4.90. The molecule has 3 rings (SSSR count). The second kappa shape index (κ2) is 12.3. The number of carbonyl (C=O) groups is 2. The lowest BCUT2D eigenvalue weighted by Gasteiger charge is -2.29. The molecule has 0 aromatic heterocycles. The Balaban J connectivity index is 1.84. The zero-order valence-corrected chi connectivity index (χ0v) is 25.6. The topological polar surface area (TPSA) is 69.6 Å². The van der Waals surface area contributed by atoms with Crippen LogP contribution in [0.4, 0.5) is 5.69 Å². The SMILES string of the molecule is CC(C)c1ccc(NC(=O)[C@@H](c2ccccc2)N(C)C(=O)CCc2cc(C(C)(C)C)c(O)c(C(C)(C)C)c2)cc1. The first-order valence-electron chi connectivity index (χ1n) is 14.2. The van der Waals surface area contributed by atoms with E-state index in [1.54, 1.807) is 11.9 Å². The predicted molar refractivity (Wildman–Crippen MR) is 165 cm³/mol. The van der Waals surface area contributed by atoms with E-state index in [0.29, 0.717) is 23.8 Å². The van der Waals surface area contributed by atoms with Gasteiger partial charge in [-0.2, -0.15) is 0 Å². The molecule has 0 aliphatic rings. The van der Waals surface area contributed by atoms with Gasteiger partial charge in [-0.25, -0.2) is 0 Å². The predicted octanol–water partition coefficient (Wildman–Crippen LogP) is 7.88. The molecule has 214 valence electrons. The highest BCUT2D eigenvalue weighted by atomic mass is 16.3. The lowest BCUT2D eigenvalue weighted by atomic mass is 9.78. The Kier molecular flexibility index (Phi) is 9.50. The second-order valence-corrected chi connectivity index (χ2v) is 13.1. The molecule has 0 heterocycles. The molecule has 0 aliphatic heterocycles. The number of likely N-dealkylation sites (N-methyl/N-ethyl adjacent to an activating group) is 1. The third kappa shape index (κ3) is 7.53. The van der Waals surface area contributed by atoms with Gasteiger partial charge in [-0.1, -0.05) is 110 Å². The first-order chi connectivity index (χ1) is 18.6. The number of nitrogens with zero attached hydrogens (tertiary/aromatic N) is 1. The highest BCUT2D eigenvalue weighted by Crippen LogP contribution is 2.40. The smallest absolute Gasteiger partial charge is 0.251 e. The molecule has 40 heavy (non-hydrogen) atoms. The van der Waals surface area contributed by atoms with E-state index in [0.717, 1.165) is 22.3 Å². The summed E-state index contributed by atoms with van der Waals surface area (Å²) >= 11 is 0. The maximum atomic E-state index is 13.6. The Morgan fingerprint density at radius 3 is 1.82 bits per heavy atom. The summed E-state index contributed by atoms with van der Waals surface area (Å²) in [6.45, 7) is 16.7. The molecule has 0 radical (unpaired) electrons. The summed E-state index contributed by atoms with van der Waals surface area (Å²) in [5.41, 5.74) is 4.91. The molecule has 0 spiro atoms. The number of aryl methyl sites for hydroxylation is 1. The van der Waals surface area contributed by atoms with E-state index in [9.17, 15) is 14.7 Å². The van der Waals surface area contributed by atoms with Crippen LogP contribution in [-0.2, 0) is 26.8 Å². The van der Waals surface area contributed by atoms with Gasteiger partial charge in [0, 0.05) is 19.2 Å². The Morgan fingerprint density at radius 1 is 0.825 bits per heavy atom. The van der Waals surface area contributed by atoms with E-state index < -0.39 is 6.04 Å². The minimum atomic E-state index is -0.770. The molecule has 0 aliphatic carbocycles. The third-order valence-electron chi connectivity index (χ3n) is 7.40. The Hall–Kier alpha value is -3.60. The highest BCUT2D eigenvalue weighted by molar-refractivity contribution is 5.97. The molecular formula is C35H46N2O3. The van der Waals surface area contributed by atoms with E-state index in [2.05, 4.69) is 60.7 Å². The van der Waals surface area contributed by atoms with E-state index >= 15 is 0 Å². The normalized spacial score (nSPS) is 12.8. The lowest BCUT2D eigenvalue weighted by molar-refractivity contribution is -0.137. The Morgan fingerprint density at radius 2 is 1.35 bits per heavy atom. The number of phenolic OH excluding ortho intramolecular Hbond substituents is 1. The van der Waals surface area contributed by atoms with Gasteiger partial charge in [0.05, 0.1) is 0 Å². The van der Waals surface area contributed by atoms with Crippen molar-refractivity contribution in [1.29, 1.82) is 0 Å². The van der Waals surface area contributed by atoms with Crippen molar-refractivity contribution in [2.75, 3.05) is 12.4 Å². The molecule has 0 fully saturated rings. The van der Waals surface area contributed by atoms with Crippen molar-refractivity contribution >= 4 is 17.5 Å². The number of benzene rings is 3. The van der Waals surface area contributed by atoms with Crippen molar-refractivity contribution in [1.82, 2.24) is 4.90 Å². The maximum absolute atomic E-state index is 13.6. The number of aromatic hydroxyl groups is 1. The fourth-order valence-corrected chi connectivity index (χ4v) is 4.90. The number of rotatable bonds is 8. The van der Waals surface area contributed by atoms with Crippen molar-refractivity contribution in [3.8, 4) is 5.75 Å². The molecule has 0 saturated heterocycles. The fraction of sp³-hybridized carbons (Fsp3) is 0.429. The van der Waals surface area contributed by atoms with E-state index in [-0.39, 0.29) is 29.1 Å². The van der Waals surface area contributed by atoms with Crippen LogP contribution in [0, 0.1) is 0 Å². The van der Waals surface area contributed by atoms with Crippen LogP contribution < -0.4 is 5.32 Å². The first kappa shape index (κ1) is 30.9. The van der Waals surface area contributed by atoms with Crippen molar-refractivity contribution in [3.05, 3.63) is 94.5 Å². The molecule has 5 nitrogen and oxygen atoms in total. The average molecular weight is 543 g/mol. The summed E-state index contributed by atoms with van der Waals surface area (Å²) in [6.07, 6.45) is 0.754. The molecule has 0 bridgehead atoms. The summed E-state index contributed by atoms with van der Waals surface area (Å²) in [4.78, 5) is 28.6. The van der Waals surface area contributed by atoms with Crippen molar-refractivity contribution in [3.63, 3.8) is 0 Å². The molecule has 2 N–H and O–H groups in total. The van der Waals surface area contributed by atoms with Crippen LogP contribution in [0.3, 0.4) is 0 Å². The van der Waals surface area contributed by atoms with Crippen LogP contribution in [0.25, 0.3) is 0 Å². The van der Waals surface area contributed by atoms with Crippen LogP contribution >= 0.6 is 0 Å². The van der Waals surface area contributed by atoms with Crippen LogP contribution in [0.1, 0.15) is 102 Å². The molecular weight excluding hydrogens is 496 g/mol. The maximum Gasteiger partial charge on any atom is 0.251 e. The van der Waals surface area contributed by atoms with E-state index in [1.807, 2.05) is 66.7 Å².